The van der Waals surface area contributed by atoms with Gasteiger partial charge in [-0.25, -0.2) is 4.79 Å². The van der Waals surface area contributed by atoms with E-state index in [4.69, 9.17) is 9.84 Å². The zero-order valence-corrected chi connectivity index (χ0v) is 7.46. The molecule has 1 heterocycles. The van der Waals surface area contributed by atoms with Crippen molar-refractivity contribution in [2.24, 2.45) is 0 Å². The Balaban J connectivity index is 2.26. The van der Waals surface area contributed by atoms with Gasteiger partial charge in [0.15, 0.2) is 0 Å². The van der Waals surface area contributed by atoms with Crippen LogP contribution in [0.25, 0.3) is 0 Å². The lowest BCUT2D eigenvalue weighted by Crippen LogP contribution is -2.25. The van der Waals surface area contributed by atoms with Crippen molar-refractivity contribution in [3.05, 3.63) is 48.2 Å². The van der Waals surface area contributed by atoms with Crippen molar-refractivity contribution in [2.45, 2.75) is 12.0 Å². The first-order valence-corrected chi connectivity index (χ1v) is 4.39. The summed E-state index contributed by atoms with van der Waals surface area (Å²) in [6, 6.07) is 9.48. The maximum atomic E-state index is 10.8. The van der Waals surface area contributed by atoms with Crippen LogP contribution < -0.4 is 0 Å². The lowest BCUT2D eigenvalue weighted by atomic mass is 9.95. The predicted octanol–water partition coefficient (Wildman–Crippen LogP) is 1.77. The number of ether oxygens (including phenoxy) is 1. The molecule has 0 radical (unpaired) electrons. The standard InChI is InChI=1S/C11H10O3/c12-11(13)10-9(6-7-14-10)8-4-2-1-3-5-8/h1-7,9-10H,(H,12,13). The van der Waals surface area contributed by atoms with Gasteiger partial charge in [0, 0.05) is 0 Å². The molecule has 3 nitrogen and oxygen atoms in total. The quantitative estimate of drug-likeness (QED) is 0.773. The van der Waals surface area contributed by atoms with Crippen LogP contribution in [-0.4, -0.2) is 17.2 Å². The van der Waals surface area contributed by atoms with Crippen molar-refractivity contribution in [3.8, 4) is 0 Å². The summed E-state index contributed by atoms with van der Waals surface area (Å²) in [7, 11) is 0. The highest BCUT2D eigenvalue weighted by atomic mass is 16.5. The predicted molar refractivity (Wildman–Crippen MR) is 50.8 cm³/mol. The topological polar surface area (TPSA) is 46.5 Å². The fraction of sp³-hybridized carbons (Fsp3) is 0.182. The van der Waals surface area contributed by atoms with Crippen LogP contribution in [0, 0.1) is 0 Å². The van der Waals surface area contributed by atoms with E-state index in [9.17, 15) is 4.79 Å². The van der Waals surface area contributed by atoms with E-state index in [1.165, 1.54) is 6.26 Å². The molecular formula is C11H10O3. The average Bonchev–Trinajstić information content (AvgIpc) is 2.67. The lowest BCUT2D eigenvalue weighted by molar-refractivity contribution is -0.146. The Hall–Kier alpha value is -1.77. The van der Waals surface area contributed by atoms with Gasteiger partial charge in [0.05, 0.1) is 12.2 Å². The van der Waals surface area contributed by atoms with Gasteiger partial charge in [-0.3, -0.25) is 0 Å². The van der Waals surface area contributed by atoms with Gasteiger partial charge >= 0.3 is 5.97 Å². The maximum absolute atomic E-state index is 10.8. The number of hydrogen-bond donors (Lipinski definition) is 1. The third kappa shape index (κ3) is 1.48. The zero-order chi connectivity index (χ0) is 9.97. The molecule has 0 saturated heterocycles. The highest BCUT2D eigenvalue weighted by Crippen LogP contribution is 2.28. The van der Waals surface area contributed by atoms with Crippen LogP contribution in [0.5, 0.6) is 0 Å². The van der Waals surface area contributed by atoms with E-state index < -0.39 is 12.1 Å². The summed E-state index contributed by atoms with van der Waals surface area (Å²) in [6.45, 7) is 0. The minimum Gasteiger partial charge on any atom is -0.486 e. The molecule has 1 aliphatic rings. The van der Waals surface area contributed by atoms with Gasteiger partial charge < -0.3 is 9.84 Å². The molecule has 14 heavy (non-hydrogen) atoms. The second-order valence-electron chi connectivity index (χ2n) is 3.16. The van der Waals surface area contributed by atoms with Crippen LogP contribution in [0.4, 0.5) is 0 Å². The summed E-state index contributed by atoms with van der Waals surface area (Å²) in [5.74, 6) is -1.10. The van der Waals surface area contributed by atoms with Gasteiger partial charge in [-0.2, -0.15) is 0 Å². The number of carbonyl (C=O) groups is 1. The smallest absolute Gasteiger partial charge is 0.345 e. The van der Waals surface area contributed by atoms with Gasteiger partial charge in [0.2, 0.25) is 6.10 Å². The van der Waals surface area contributed by atoms with Gasteiger partial charge in [0.25, 0.3) is 0 Å². The maximum Gasteiger partial charge on any atom is 0.345 e. The number of carboxylic acid groups (broad SMARTS) is 1. The third-order valence-corrected chi connectivity index (χ3v) is 2.27. The van der Waals surface area contributed by atoms with E-state index in [0.29, 0.717) is 0 Å². The summed E-state index contributed by atoms with van der Waals surface area (Å²) in [5, 5.41) is 8.88. The normalized spacial score (nSPS) is 24.6. The van der Waals surface area contributed by atoms with E-state index in [1.54, 1.807) is 6.08 Å². The average molecular weight is 190 g/mol. The Labute approximate surface area is 81.6 Å². The minimum atomic E-state index is -0.927. The van der Waals surface area contributed by atoms with Crippen LogP contribution in [0.1, 0.15) is 11.5 Å². The summed E-state index contributed by atoms with van der Waals surface area (Å²) in [4.78, 5) is 10.8. The molecule has 72 valence electrons. The largest absolute Gasteiger partial charge is 0.486 e. The summed E-state index contributed by atoms with van der Waals surface area (Å²) in [6.07, 6.45) is 2.45. The molecule has 0 aromatic heterocycles. The number of carboxylic acids is 1. The Bertz CT molecular complexity index is 356. The van der Waals surface area contributed by atoms with Crippen molar-refractivity contribution in [3.63, 3.8) is 0 Å². The second kappa shape index (κ2) is 3.54. The SMILES string of the molecule is O=C(O)C1OC=CC1c1ccccc1. The van der Waals surface area contributed by atoms with Crippen LogP contribution in [0.3, 0.4) is 0 Å². The van der Waals surface area contributed by atoms with Crippen molar-refractivity contribution in [2.75, 3.05) is 0 Å². The Kier molecular flexibility index (Phi) is 2.23. The Morgan fingerprint density at radius 1 is 1.29 bits per heavy atom. The van der Waals surface area contributed by atoms with Crippen molar-refractivity contribution in [1.29, 1.82) is 0 Å². The Morgan fingerprint density at radius 2 is 2.00 bits per heavy atom. The Morgan fingerprint density at radius 3 is 2.64 bits per heavy atom. The van der Waals surface area contributed by atoms with Crippen LogP contribution in [0.2, 0.25) is 0 Å². The van der Waals surface area contributed by atoms with Gasteiger partial charge in [-0.05, 0) is 11.6 Å². The molecule has 1 aromatic rings. The third-order valence-electron chi connectivity index (χ3n) is 2.27. The first-order valence-electron chi connectivity index (χ1n) is 4.39. The fourth-order valence-corrected chi connectivity index (χ4v) is 1.57. The van der Waals surface area contributed by atoms with Crippen LogP contribution in [0.15, 0.2) is 42.7 Å². The fourth-order valence-electron chi connectivity index (χ4n) is 1.57. The van der Waals surface area contributed by atoms with E-state index >= 15 is 0 Å². The molecule has 0 amide bonds. The number of aliphatic carboxylic acids is 1. The molecule has 0 bridgehead atoms. The highest BCUT2D eigenvalue weighted by molar-refractivity contribution is 5.75. The molecular weight excluding hydrogens is 180 g/mol. The molecule has 1 aliphatic heterocycles. The molecule has 3 heteroatoms. The molecule has 0 saturated carbocycles. The molecule has 2 rings (SSSR count). The molecule has 1 N–H and O–H groups in total. The summed E-state index contributed by atoms with van der Waals surface area (Å²) in [5.41, 5.74) is 0.966. The van der Waals surface area contributed by atoms with E-state index in [2.05, 4.69) is 0 Å². The molecule has 1 aromatic carbocycles. The van der Waals surface area contributed by atoms with Gasteiger partial charge in [0.1, 0.15) is 0 Å². The zero-order valence-electron chi connectivity index (χ0n) is 7.46. The number of hydrogen-bond acceptors (Lipinski definition) is 2. The number of rotatable bonds is 2. The number of benzene rings is 1. The van der Waals surface area contributed by atoms with Crippen molar-refractivity contribution < 1.29 is 14.6 Å². The van der Waals surface area contributed by atoms with Gasteiger partial charge in [-0.15, -0.1) is 0 Å². The highest BCUT2D eigenvalue weighted by Gasteiger charge is 2.32. The molecule has 0 aliphatic carbocycles. The first kappa shape index (κ1) is 8.81. The monoisotopic (exact) mass is 190 g/mol. The van der Waals surface area contributed by atoms with Crippen LogP contribution in [-0.2, 0) is 9.53 Å². The van der Waals surface area contributed by atoms with Crippen molar-refractivity contribution >= 4 is 5.97 Å². The lowest BCUT2D eigenvalue weighted by Gasteiger charge is -2.14. The molecule has 2 unspecified atom stereocenters. The van der Waals surface area contributed by atoms with E-state index in [1.807, 2.05) is 30.3 Å². The first-order chi connectivity index (χ1) is 6.79. The summed E-state index contributed by atoms with van der Waals surface area (Å²) < 4.78 is 5.00. The molecule has 0 fully saturated rings. The summed E-state index contributed by atoms with van der Waals surface area (Å²) >= 11 is 0. The van der Waals surface area contributed by atoms with Gasteiger partial charge in [-0.1, -0.05) is 30.3 Å². The van der Waals surface area contributed by atoms with Crippen molar-refractivity contribution in [1.82, 2.24) is 0 Å². The molecule has 0 spiro atoms. The minimum absolute atomic E-state index is 0.173. The molecule has 2 atom stereocenters. The van der Waals surface area contributed by atoms with E-state index in [0.717, 1.165) is 5.56 Å². The van der Waals surface area contributed by atoms with Crippen LogP contribution >= 0.6 is 0 Å². The van der Waals surface area contributed by atoms with E-state index in [-0.39, 0.29) is 5.92 Å². The second-order valence-corrected chi connectivity index (χ2v) is 3.16.